The Kier molecular flexibility index (Phi) is 6.20. The Labute approximate surface area is 149 Å². The number of carbonyl (C=O) groups excluding carboxylic acids is 1. The highest BCUT2D eigenvalue weighted by atomic mass is 32.2. The predicted octanol–water partition coefficient (Wildman–Crippen LogP) is 3.35. The zero-order chi connectivity index (χ0) is 18.4. The van der Waals surface area contributed by atoms with E-state index in [9.17, 15) is 13.2 Å². The number of para-hydroxylation sites is 1. The Morgan fingerprint density at radius 3 is 2.32 bits per heavy atom. The molecule has 0 atom stereocenters. The van der Waals surface area contributed by atoms with E-state index in [0.29, 0.717) is 5.69 Å². The average Bonchev–Trinajstić information content (AvgIpc) is 2.56. The molecule has 2 aromatic rings. The van der Waals surface area contributed by atoms with E-state index in [1.54, 1.807) is 12.1 Å². The van der Waals surface area contributed by atoms with E-state index in [4.69, 9.17) is 0 Å². The van der Waals surface area contributed by atoms with Crippen molar-refractivity contribution in [3.05, 3.63) is 59.7 Å². The van der Waals surface area contributed by atoms with Gasteiger partial charge >= 0.3 is 0 Å². The standard InChI is InChI=1S/C19H24N2O3S/c1-4-16-7-5-6-8-18(16)20-19(22)13-14-21(25(3,23)24)17-11-9-15(2)10-12-17/h5-12H,4,13-14H2,1-3H3,(H,20,22). The van der Waals surface area contributed by atoms with Gasteiger partial charge in [0.15, 0.2) is 0 Å². The van der Waals surface area contributed by atoms with Gasteiger partial charge in [-0.05, 0) is 37.1 Å². The zero-order valence-corrected chi connectivity index (χ0v) is 15.6. The third-order valence-corrected chi connectivity index (χ3v) is 5.13. The van der Waals surface area contributed by atoms with Crippen LogP contribution in [0, 0.1) is 6.92 Å². The largest absolute Gasteiger partial charge is 0.326 e. The Balaban J connectivity index is 2.08. The molecule has 0 aliphatic rings. The van der Waals surface area contributed by atoms with Crippen LogP contribution in [0.15, 0.2) is 48.5 Å². The predicted molar refractivity (Wildman–Crippen MR) is 102 cm³/mol. The summed E-state index contributed by atoms with van der Waals surface area (Å²) in [6.07, 6.45) is 2.05. The fourth-order valence-corrected chi connectivity index (χ4v) is 3.49. The first-order valence-electron chi connectivity index (χ1n) is 8.23. The molecule has 0 bridgehead atoms. The number of sulfonamides is 1. The van der Waals surface area contributed by atoms with Gasteiger partial charge in [-0.1, -0.05) is 42.8 Å². The van der Waals surface area contributed by atoms with Crippen molar-refractivity contribution < 1.29 is 13.2 Å². The maximum absolute atomic E-state index is 12.3. The van der Waals surface area contributed by atoms with Gasteiger partial charge in [-0.3, -0.25) is 9.10 Å². The van der Waals surface area contributed by atoms with Crippen molar-refractivity contribution in [1.82, 2.24) is 0 Å². The summed E-state index contributed by atoms with van der Waals surface area (Å²) >= 11 is 0. The number of nitrogens with zero attached hydrogens (tertiary/aromatic N) is 1. The van der Waals surface area contributed by atoms with E-state index >= 15 is 0 Å². The summed E-state index contributed by atoms with van der Waals surface area (Å²) in [7, 11) is -3.46. The molecule has 1 amide bonds. The average molecular weight is 360 g/mol. The Morgan fingerprint density at radius 1 is 1.08 bits per heavy atom. The molecule has 2 rings (SSSR count). The summed E-state index contributed by atoms with van der Waals surface area (Å²) in [5.41, 5.74) is 3.44. The molecular formula is C19H24N2O3S. The van der Waals surface area contributed by atoms with Crippen LogP contribution < -0.4 is 9.62 Å². The van der Waals surface area contributed by atoms with Crippen LogP contribution in [0.1, 0.15) is 24.5 Å². The number of hydrogen-bond donors (Lipinski definition) is 1. The number of amides is 1. The second-order valence-electron chi connectivity index (χ2n) is 5.98. The minimum absolute atomic E-state index is 0.0823. The monoisotopic (exact) mass is 360 g/mol. The second-order valence-corrected chi connectivity index (χ2v) is 7.89. The lowest BCUT2D eigenvalue weighted by Crippen LogP contribution is -2.33. The van der Waals surface area contributed by atoms with E-state index in [-0.39, 0.29) is 18.9 Å². The quantitative estimate of drug-likeness (QED) is 0.823. The summed E-state index contributed by atoms with van der Waals surface area (Å²) < 4.78 is 25.4. The number of rotatable bonds is 7. The summed E-state index contributed by atoms with van der Waals surface area (Å²) in [6.45, 7) is 4.06. The molecule has 0 radical (unpaired) electrons. The van der Waals surface area contributed by atoms with Crippen molar-refractivity contribution in [3.63, 3.8) is 0 Å². The van der Waals surface area contributed by atoms with Crippen LogP contribution in [0.3, 0.4) is 0 Å². The van der Waals surface area contributed by atoms with Gasteiger partial charge in [0.05, 0.1) is 11.9 Å². The zero-order valence-electron chi connectivity index (χ0n) is 14.8. The molecule has 0 saturated carbocycles. The van der Waals surface area contributed by atoms with Crippen LogP contribution >= 0.6 is 0 Å². The van der Waals surface area contributed by atoms with Gasteiger partial charge in [-0.15, -0.1) is 0 Å². The highest BCUT2D eigenvalue weighted by Crippen LogP contribution is 2.19. The first-order valence-corrected chi connectivity index (χ1v) is 10.1. The molecule has 2 aromatic carbocycles. The van der Waals surface area contributed by atoms with Crippen LogP contribution in [-0.4, -0.2) is 27.1 Å². The van der Waals surface area contributed by atoms with Gasteiger partial charge in [-0.2, -0.15) is 0 Å². The third-order valence-electron chi connectivity index (χ3n) is 3.94. The molecule has 0 aliphatic heterocycles. The van der Waals surface area contributed by atoms with Gasteiger partial charge in [0.1, 0.15) is 0 Å². The van der Waals surface area contributed by atoms with Crippen molar-refractivity contribution in [2.45, 2.75) is 26.7 Å². The molecule has 0 heterocycles. The van der Waals surface area contributed by atoms with Crippen LogP contribution in [0.25, 0.3) is 0 Å². The molecule has 25 heavy (non-hydrogen) atoms. The maximum Gasteiger partial charge on any atom is 0.232 e. The van der Waals surface area contributed by atoms with Crippen molar-refractivity contribution >= 4 is 27.3 Å². The molecule has 0 spiro atoms. The lowest BCUT2D eigenvalue weighted by molar-refractivity contribution is -0.116. The van der Waals surface area contributed by atoms with Crippen molar-refractivity contribution in [2.24, 2.45) is 0 Å². The number of benzene rings is 2. The van der Waals surface area contributed by atoms with E-state index in [1.807, 2.05) is 50.2 Å². The van der Waals surface area contributed by atoms with Crippen molar-refractivity contribution in [1.29, 1.82) is 0 Å². The van der Waals surface area contributed by atoms with Gasteiger partial charge in [0.2, 0.25) is 15.9 Å². The van der Waals surface area contributed by atoms with Crippen molar-refractivity contribution in [3.8, 4) is 0 Å². The number of anilines is 2. The molecule has 0 fully saturated rings. The lowest BCUT2D eigenvalue weighted by Gasteiger charge is -2.22. The van der Waals surface area contributed by atoms with Gasteiger partial charge < -0.3 is 5.32 Å². The van der Waals surface area contributed by atoms with Gasteiger partial charge in [0.25, 0.3) is 0 Å². The van der Waals surface area contributed by atoms with E-state index < -0.39 is 10.0 Å². The Morgan fingerprint density at radius 2 is 1.72 bits per heavy atom. The smallest absolute Gasteiger partial charge is 0.232 e. The molecule has 5 nitrogen and oxygen atoms in total. The summed E-state index contributed by atoms with van der Waals surface area (Å²) in [6, 6.07) is 14.8. The van der Waals surface area contributed by atoms with Crippen LogP contribution in [0.2, 0.25) is 0 Å². The minimum atomic E-state index is -3.46. The maximum atomic E-state index is 12.3. The van der Waals surface area contributed by atoms with Gasteiger partial charge in [0, 0.05) is 18.7 Å². The molecule has 134 valence electrons. The highest BCUT2D eigenvalue weighted by Gasteiger charge is 2.18. The van der Waals surface area contributed by atoms with Crippen LogP contribution in [0.4, 0.5) is 11.4 Å². The molecule has 6 heteroatoms. The Bertz CT molecular complexity index is 830. The topological polar surface area (TPSA) is 66.5 Å². The SMILES string of the molecule is CCc1ccccc1NC(=O)CCN(c1ccc(C)cc1)S(C)(=O)=O. The molecular weight excluding hydrogens is 336 g/mol. The number of carbonyl (C=O) groups is 1. The normalized spacial score (nSPS) is 11.2. The first kappa shape index (κ1) is 19.0. The van der Waals surface area contributed by atoms with Crippen LogP contribution in [0.5, 0.6) is 0 Å². The van der Waals surface area contributed by atoms with E-state index in [2.05, 4.69) is 5.32 Å². The second kappa shape index (κ2) is 8.16. The molecule has 0 unspecified atom stereocenters. The lowest BCUT2D eigenvalue weighted by atomic mass is 10.1. The molecule has 1 N–H and O–H groups in total. The number of hydrogen-bond acceptors (Lipinski definition) is 3. The fourth-order valence-electron chi connectivity index (χ4n) is 2.56. The van der Waals surface area contributed by atoms with Crippen LogP contribution in [-0.2, 0) is 21.2 Å². The highest BCUT2D eigenvalue weighted by molar-refractivity contribution is 7.92. The molecule has 0 aromatic heterocycles. The summed E-state index contributed by atoms with van der Waals surface area (Å²) in [4.78, 5) is 12.3. The third kappa shape index (κ3) is 5.32. The summed E-state index contributed by atoms with van der Waals surface area (Å²) in [5.74, 6) is -0.207. The summed E-state index contributed by atoms with van der Waals surface area (Å²) in [5, 5.41) is 2.87. The number of nitrogens with one attached hydrogen (secondary N) is 1. The first-order chi connectivity index (χ1) is 11.8. The fraction of sp³-hybridized carbons (Fsp3) is 0.316. The van der Waals surface area contributed by atoms with E-state index in [1.165, 1.54) is 4.31 Å². The molecule has 0 saturated heterocycles. The minimum Gasteiger partial charge on any atom is -0.326 e. The number of aryl methyl sites for hydroxylation is 2. The molecule has 0 aliphatic carbocycles. The van der Waals surface area contributed by atoms with Crippen molar-refractivity contribution in [2.75, 3.05) is 22.4 Å². The van der Waals surface area contributed by atoms with E-state index in [0.717, 1.165) is 29.5 Å². The van der Waals surface area contributed by atoms with Gasteiger partial charge in [-0.25, -0.2) is 8.42 Å². The Hall–Kier alpha value is -2.34.